The van der Waals surface area contributed by atoms with Gasteiger partial charge in [0.25, 0.3) is 5.91 Å². The summed E-state index contributed by atoms with van der Waals surface area (Å²) in [4.78, 5) is 68.8. The van der Waals surface area contributed by atoms with Crippen molar-refractivity contribution in [1.29, 1.82) is 0 Å². The second kappa shape index (κ2) is 19.4. The quantitative estimate of drug-likeness (QED) is 0.128. The lowest BCUT2D eigenvalue weighted by Gasteiger charge is -2.36. The zero-order valence-electron chi connectivity index (χ0n) is 32.8. The largest absolute Gasteiger partial charge is 0.391 e. The zero-order chi connectivity index (χ0) is 39.5. The lowest BCUT2D eigenvalue weighted by molar-refractivity contribution is -0.147. The minimum atomic E-state index is -1.05. The van der Waals surface area contributed by atoms with Gasteiger partial charge in [0.2, 0.25) is 17.7 Å². The van der Waals surface area contributed by atoms with E-state index in [1.807, 2.05) is 37.7 Å². The number of aromatic nitrogens is 2. The molecule has 14 nitrogen and oxygen atoms in total. The molecule has 0 bridgehead atoms. The van der Waals surface area contributed by atoms with Crippen molar-refractivity contribution in [3.8, 4) is 10.4 Å². The summed E-state index contributed by atoms with van der Waals surface area (Å²) >= 11 is 1.60. The van der Waals surface area contributed by atoms with E-state index in [2.05, 4.69) is 53.2 Å². The Morgan fingerprint density at radius 1 is 0.982 bits per heavy atom. The molecule has 0 radical (unpaired) electrons. The molecule has 3 atom stereocenters. The molecule has 0 saturated carbocycles. The third-order valence-electron chi connectivity index (χ3n) is 10.8. The third kappa shape index (κ3) is 11.1. The molecule has 0 spiro atoms. The van der Waals surface area contributed by atoms with E-state index in [4.69, 9.17) is 0 Å². The molecule has 2 aliphatic heterocycles. The number of likely N-dealkylation sites (N-methyl/N-ethyl adjacent to an activating group) is 1. The van der Waals surface area contributed by atoms with Crippen LogP contribution >= 0.6 is 11.3 Å². The van der Waals surface area contributed by atoms with Gasteiger partial charge in [-0.25, -0.2) is 9.97 Å². The van der Waals surface area contributed by atoms with E-state index in [9.17, 15) is 24.3 Å². The highest BCUT2D eigenvalue weighted by Gasteiger charge is 2.46. The van der Waals surface area contributed by atoms with Crippen LogP contribution in [0.4, 0.5) is 5.82 Å². The van der Waals surface area contributed by atoms with Gasteiger partial charge in [-0.05, 0) is 70.8 Å². The number of piperazine rings is 1. The Balaban J connectivity index is 1.02. The van der Waals surface area contributed by atoms with E-state index in [-0.39, 0.29) is 43.0 Å². The van der Waals surface area contributed by atoms with Gasteiger partial charge in [-0.1, -0.05) is 24.3 Å². The normalized spacial score (nSPS) is 18.2. The molecule has 0 aliphatic carbocycles. The van der Waals surface area contributed by atoms with Crippen LogP contribution in [0.15, 0.2) is 48.1 Å². The van der Waals surface area contributed by atoms with Crippen LogP contribution in [0.3, 0.4) is 0 Å². The maximum absolute atomic E-state index is 13.8. The molecule has 15 heteroatoms. The molecule has 4 heterocycles. The Kier molecular flexibility index (Phi) is 14.7. The SMILES string of the molecule is CNCCN1CCN(c2ccc(C(=O)NCCCC(=O)N[C@@H](C)C(C)(C)C(=O)N3C[C@H](O)C[C@H]3C(=O)NCCc3ccc(-c4scnc4C)cc3)cn2)CC1. The average molecular weight is 776 g/mol. The smallest absolute Gasteiger partial charge is 0.252 e. The summed E-state index contributed by atoms with van der Waals surface area (Å²) in [6.45, 7) is 13.7. The molecular weight excluding hydrogens is 719 g/mol. The second-order valence-electron chi connectivity index (χ2n) is 15.1. The van der Waals surface area contributed by atoms with Crippen molar-refractivity contribution in [2.75, 3.05) is 70.9 Å². The van der Waals surface area contributed by atoms with Gasteiger partial charge < -0.3 is 36.2 Å². The molecular formula is C40H57N9O5S. The Morgan fingerprint density at radius 2 is 1.73 bits per heavy atom. The van der Waals surface area contributed by atoms with E-state index in [0.717, 1.165) is 66.8 Å². The molecule has 298 valence electrons. The first-order chi connectivity index (χ1) is 26.4. The topological polar surface area (TPSA) is 172 Å². The highest BCUT2D eigenvalue weighted by Crippen LogP contribution is 2.30. The number of nitrogens with one attached hydrogen (secondary N) is 4. The maximum atomic E-state index is 13.8. The van der Waals surface area contributed by atoms with Crippen molar-refractivity contribution in [2.24, 2.45) is 5.41 Å². The number of rotatable bonds is 17. The number of nitrogens with zero attached hydrogens (tertiary/aromatic N) is 5. The van der Waals surface area contributed by atoms with Gasteiger partial charge in [0.1, 0.15) is 11.9 Å². The number of hydrogen-bond acceptors (Lipinski definition) is 11. The van der Waals surface area contributed by atoms with Crippen molar-refractivity contribution in [1.82, 2.24) is 41.0 Å². The molecule has 2 aliphatic rings. The summed E-state index contributed by atoms with van der Waals surface area (Å²) in [7, 11) is 1.96. The van der Waals surface area contributed by atoms with E-state index in [1.165, 1.54) is 4.90 Å². The lowest BCUT2D eigenvalue weighted by atomic mass is 9.83. The summed E-state index contributed by atoms with van der Waals surface area (Å²) in [5, 5.41) is 22.4. The number of likely N-dealkylation sites (tertiary alicyclic amines) is 1. The number of carbonyl (C=O) groups is 4. The fraction of sp³-hybridized carbons (Fsp3) is 0.550. The summed E-state index contributed by atoms with van der Waals surface area (Å²) in [6.07, 6.45) is 2.12. The van der Waals surface area contributed by atoms with Crippen LogP contribution in [0.2, 0.25) is 0 Å². The Bertz CT molecular complexity index is 1740. The minimum Gasteiger partial charge on any atom is -0.391 e. The second-order valence-corrected chi connectivity index (χ2v) is 15.9. The van der Waals surface area contributed by atoms with E-state index in [1.54, 1.807) is 44.4 Å². The monoisotopic (exact) mass is 775 g/mol. The number of hydrogen-bond donors (Lipinski definition) is 5. The van der Waals surface area contributed by atoms with E-state index >= 15 is 0 Å². The van der Waals surface area contributed by atoms with Crippen LogP contribution in [-0.2, 0) is 20.8 Å². The first-order valence-electron chi connectivity index (χ1n) is 19.3. The molecule has 5 rings (SSSR count). The predicted molar refractivity (Wildman–Crippen MR) is 215 cm³/mol. The van der Waals surface area contributed by atoms with Crippen molar-refractivity contribution in [2.45, 2.75) is 71.6 Å². The van der Waals surface area contributed by atoms with Crippen molar-refractivity contribution >= 4 is 40.8 Å². The molecule has 55 heavy (non-hydrogen) atoms. The van der Waals surface area contributed by atoms with Gasteiger partial charge in [-0.2, -0.15) is 0 Å². The number of aliphatic hydroxyl groups is 1. The highest BCUT2D eigenvalue weighted by atomic mass is 32.1. The zero-order valence-corrected chi connectivity index (χ0v) is 33.6. The number of aliphatic hydroxyl groups excluding tert-OH is 1. The highest BCUT2D eigenvalue weighted by molar-refractivity contribution is 7.13. The molecule has 4 amide bonds. The maximum Gasteiger partial charge on any atom is 0.252 e. The fourth-order valence-electron chi connectivity index (χ4n) is 6.92. The summed E-state index contributed by atoms with van der Waals surface area (Å²) in [6, 6.07) is 10.5. The van der Waals surface area contributed by atoms with Crippen LogP contribution in [0.5, 0.6) is 0 Å². The standard InChI is InChI=1S/C40H57N9O5S/c1-27-36(55-26-45-27)30-10-8-29(9-11-30)14-16-43-38(53)33-23-32(50)25-49(33)39(54)40(3,4)28(2)46-35(51)7-6-15-42-37(52)31-12-13-34(44-24-31)48-21-19-47(20-22-48)18-17-41-5/h8-13,24,26,28,32-33,41,50H,6-7,14-23,25H2,1-5H3,(H,42,52)(H,43,53)(H,46,51)/t28-,32+,33-/m0/s1. The average Bonchev–Trinajstić information content (AvgIpc) is 3.80. The molecule has 5 N–H and O–H groups in total. The number of anilines is 1. The molecule has 2 aromatic heterocycles. The Hall–Kier alpha value is -4.44. The number of β-amino-alcohol motifs (C(OH)–C–C–N with tert-alkyl or cyclic N) is 1. The van der Waals surface area contributed by atoms with Gasteiger partial charge in [-0.15, -0.1) is 11.3 Å². The first-order valence-corrected chi connectivity index (χ1v) is 20.2. The number of aryl methyl sites for hydroxylation is 1. The molecule has 0 unspecified atom stereocenters. The van der Waals surface area contributed by atoms with E-state index < -0.39 is 23.6 Å². The van der Waals surface area contributed by atoms with Crippen LogP contribution in [0, 0.1) is 12.3 Å². The number of amides is 4. The van der Waals surface area contributed by atoms with Crippen molar-refractivity contribution < 1.29 is 24.3 Å². The van der Waals surface area contributed by atoms with Gasteiger partial charge in [0, 0.05) is 84.0 Å². The molecule has 3 aromatic rings. The predicted octanol–water partition coefficient (Wildman–Crippen LogP) is 2.22. The Morgan fingerprint density at radius 3 is 2.38 bits per heavy atom. The third-order valence-corrected chi connectivity index (χ3v) is 11.8. The summed E-state index contributed by atoms with van der Waals surface area (Å²) in [5.41, 5.74) is 4.42. The van der Waals surface area contributed by atoms with E-state index in [0.29, 0.717) is 31.5 Å². The Labute approximate surface area is 328 Å². The fourth-order valence-corrected chi connectivity index (χ4v) is 7.73. The number of thiazole rings is 1. The van der Waals surface area contributed by atoms with Crippen LogP contribution in [-0.4, -0.2) is 133 Å². The van der Waals surface area contributed by atoms with Gasteiger partial charge >= 0.3 is 0 Å². The van der Waals surface area contributed by atoms with Crippen molar-refractivity contribution in [3.05, 3.63) is 64.9 Å². The summed E-state index contributed by atoms with van der Waals surface area (Å²) in [5.74, 6) is -0.264. The summed E-state index contributed by atoms with van der Waals surface area (Å²) < 4.78 is 0. The van der Waals surface area contributed by atoms with Gasteiger partial charge in [-0.3, -0.25) is 24.1 Å². The van der Waals surface area contributed by atoms with Crippen LogP contribution in [0.25, 0.3) is 10.4 Å². The lowest BCUT2D eigenvalue weighted by Crippen LogP contribution is -2.55. The van der Waals surface area contributed by atoms with Crippen molar-refractivity contribution in [3.63, 3.8) is 0 Å². The molecule has 2 saturated heterocycles. The van der Waals surface area contributed by atoms with Crippen LogP contribution < -0.4 is 26.2 Å². The minimum absolute atomic E-state index is 0.0473. The number of benzene rings is 1. The van der Waals surface area contributed by atoms with Gasteiger partial charge in [0.15, 0.2) is 0 Å². The van der Waals surface area contributed by atoms with Gasteiger partial charge in [0.05, 0.1) is 33.2 Å². The number of carbonyl (C=O) groups excluding carboxylic acids is 4. The van der Waals surface area contributed by atoms with Crippen LogP contribution in [0.1, 0.15) is 61.6 Å². The molecule has 2 fully saturated rings. The first kappa shape index (κ1) is 41.7. The molecule has 1 aromatic carbocycles. The number of pyridine rings is 1.